The summed E-state index contributed by atoms with van der Waals surface area (Å²) in [5, 5.41) is 3.90. The molecule has 0 amide bonds. The Bertz CT molecular complexity index is 416. The van der Waals surface area contributed by atoms with Gasteiger partial charge in [0.1, 0.15) is 6.33 Å². The fourth-order valence-electron chi connectivity index (χ4n) is 2.23. The van der Waals surface area contributed by atoms with Gasteiger partial charge in [0, 0.05) is 30.6 Å². The molecule has 0 aromatic carbocycles. The predicted octanol–water partition coefficient (Wildman–Crippen LogP) is 2.25. The van der Waals surface area contributed by atoms with Crippen molar-refractivity contribution in [1.82, 2.24) is 9.97 Å². The van der Waals surface area contributed by atoms with Crippen molar-refractivity contribution in [3.63, 3.8) is 0 Å². The first kappa shape index (κ1) is 14.2. The van der Waals surface area contributed by atoms with Crippen molar-refractivity contribution in [2.75, 3.05) is 42.7 Å². The molecule has 1 aromatic rings. The minimum Gasteiger partial charge on any atom is -0.490 e. The summed E-state index contributed by atoms with van der Waals surface area (Å²) in [6, 6.07) is 0. The second kappa shape index (κ2) is 6.84. The second-order valence-electron chi connectivity index (χ2n) is 4.46. The molecule has 0 aliphatic carbocycles. The van der Waals surface area contributed by atoms with E-state index < -0.39 is 0 Å². The first-order valence-corrected chi connectivity index (χ1v) is 7.84. The van der Waals surface area contributed by atoms with Crippen molar-refractivity contribution in [1.29, 1.82) is 0 Å². The van der Waals surface area contributed by atoms with Gasteiger partial charge in [0.15, 0.2) is 11.6 Å². The Morgan fingerprint density at radius 2 is 2.32 bits per heavy atom. The van der Waals surface area contributed by atoms with Crippen molar-refractivity contribution >= 4 is 23.4 Å². The number of thioether (sulfide) groups is 1. The molecule has 2 rings (SSSR count). The van der Waals surface area contributed by atoms with Gasteiger partial charge in [-0.2, -0.15) is 11.8 Å². The second-order valence-corrected chi connectivity index (χ2v) is 5.86. The molecular weight excluding hydrogens is 260 g/mol. The topological polar surface area (TPSA) is 50.3 Å². The molecule has 0 radical (unpaired) electrons. The van der Waals surface area contributed by atoms with Gasteiger partial charge < -0.3 is 15.0 Å². The number of hydrogen-bond donors (Lipinski definition) is 1. The average Bonchev–Trinajstić information content (AvgIpc) is 2.47. The van der Waals surface area contributed by atoms with Gasteiger partial charge in [-0.25, -0.2) is 9.97 Å². The maximum Gasteiger partial charge on any atom is 0.204 e. The average molecular weight is 282 g/mol. The van der Waals surface area contributed by atoms with Gasteiger partial charge in [-0.05, 0) is 13.3 Å². The number of ether oxygens (including phenoxy) is 1. The third-order valence-corrected chi connectivity index (χ3v) is 4.60. The Labute approximate surface area is 119 Å². The van der Waals surface area contributed by atoms with Crippen LogP contribution in [0.5, 0.6) is 5.75 Å². The van der Waals surface area contributed by atoms with Crippen LogP contribution < -0.4 is 15.0 Å². The highest BCUT2D eigenvalue weighted by Crippen LogP contribution is 2.34. The quantitative estimate of drug-likeness (QED) is 0.894. The van der Waals surface area contributed by atoms with Crippen molar-refractivity contribution in [3.05, 3.63) is 6.33 Å². The van der Waals surface area contributed by atoms with E-state index in [4.69, 9.17) is 4.74 Å². The summed E-state index contributed by atoms with van der Waals surface area (Å²) in [5.41, 5.74) is 0. The number of nitrogens with zero attached hydrogens (tertiary/aromatic N) is 3. The number of anilines is 2. The van der Waals surface area contributed by atoms with Gasteiger partial charge >= 0.3 is 0 Å². The van der Waals surface area contributed by atoms with Crippen molar-refractivity contribution in [2.24, 2.45) is 0 Å². The molecule has 1 saturated heterocycles. The summed E-state index contributed by atoms with van der Waals surface area (Å²) in [6.45, 7) is 7.15. The van der Waals surface area contributed by atoms with Crippen molar-refractivity contribution in [3.8, 4) is 5.75 Å². The maximum atomic E-state index is 5.52. The highest BCUT2D eigenvalue weighted by molar-refractivity contribution is 8.00. The zero-order chi connectivity index (χ0) is 13.7. The molecule has 1 aromatic heterocycles. The van der Waals surface area contributed by atoms with Crippen LogP contribution in [0.3, 0.4) is 0 Å². The summed E-state index contributed by atoms with van der Waals surface area (Å²) in [7, 11) is 1.68. The van der Waals surface area contributed by atoms with E-state index in [1.54, 1.807) is 13.4 Å². The van der Waals surface area contributed by atoms with Gasteiger partial charge in [-0.3, -0.25) is 0 Å². The van der Waals surface area contributed by atoms with Crippen LogP contribution in [-0.2, 0) is 0 Å². The molecule has 1 fully saturated rings. The Morgan fingerprint density at radius 1 is 1.47 bits per heavy atom. The molecule has 0 bridgehead atoms. The van der Waals surface area contributed by atoms with E-state index in [0.717, 1.165) is 42.8 Å². The first-order chi connectivity index (χ1) is 9.30. The number of hydrogen-bond acceptors (Lipinski definition) is 6. The smallest absolute Gasteiger partial charge is 0.204 e. The summed E-state index contributed by atoms with van der Waals surface area (Å²) in [4.78, 5) is 11.0. The van der Waals surface area contributed by atoms with Gasteiger partial charge in [0.25, 0.3) is 0 Å². The molecule has 19 heavy (non-hydrogen) atoms. The van der Waals surface area contributed by atoms with Crippen LogP contribution in [0.1, 0.15) is 20.3 Å². The Balaban J connectivity index is 2.25. The predicted molar refractivity (Wildman–Crippen MR) is 81.5 cm³/mol. The lowest BCUT2D eigenvalue weighted by Gasteiger charge is -2.33. The van der Waals surface area contributed by atoms with Crippen LogP contribution in [0.4, 0.5) is 11.6 Å². The van der Waals surface area contributed by atoms with Gasteiger partial charge in [0.05, 0.1) is 7.11 Å². The first-order valence-electron chi connectivity index (χ1n) is 6.79. The molecule has 1 atom stereocenters. The normalized spacial score (nSPS) is 19.3. The molecular formula is C13H22N4OS. The van der Waals surface area contributed by atoms with Crippen molar-refractivity contribution in [2.45, 2.75) is 25.5 Å². The van der Waals surface area contributed by atoms with E-state index in [1.807, 2.05) is 18.7 Å². The standard InChI is InChI=1S/C13H22N4OS/c1-4-10-8-17(6-7-19-10)13-11(18-3)12(14-5-2)15-9-16-13/h9-10H,4-8H2,1-3H3,(H,14,15,16). The van der Waals surface area contributed by atoms with Gasteiger partial charge in [-0.1, -0.05) is 6.92 Å². The molecule has 1 aliphatic rings. The number of methoxy groups -OCH3 is 1. The lowest BCUT2D eigenvalue weighted by molar-refractivity contribution is 0.412. The molecule has 1 N–H and O–H groups in total. The van der Waals surface area contributed by atoms with Gasteiger partial charge in [0.2, 0.25) is 5.75 Å². The largest absolute Gasteiger partial charge is 0.490 e. The monoisotopic (exact) mass is 282 g/mol. The zero-order valence-corrected chi connectivity index (χ0v) is 12.7. The van der Waals surface area contributed by atoms with Gasteiger partial charge in [-0.15, -0.1) is 0 Å². The van der Waals surface area contributed by atoms with Crippen LogP contribution in [0.15, 0.2) is 6.33 Å². The van der Waals surface area contributed by atoms with Crippen LogP contribution in [0.25, 0.3) is 0 Å². The van der Waals surface area contributed by atoms with E-state index in [9.17, 15) is 0 Å². The highest BCUT2D eigenvalue weighted by Gasteiger charge is 2.24. The maximum absolute atomic E-state index is 5.52. The highest BCUT2D eigenvalue weighted by atomic mass is 32.2. The molecule has 106 valence electrons. The summed E-state index contributed by atoms with van der Waals surface area (Å²) in [5.74, 6) is 3.59. The Hall–Kier alpha value is -1.17. The number of rotatable bonds is 5. The van der Waals surface area contributed by atoms with Crippen LogP contribution in [0.2, 0.25) is 0 Å². The summed E-state index contributed by atoms with van der Waals surface area (Å²) in [6.07, 6.45) is 2.80. The fraction of sp³-hybridized carbons (Fsp3) is 0.692. The minimum atomic E-state index is 0.677. The molecule has 1 aliphatic heterocycles. The summed E-state index contributed by atoms with van der Waals surface area (Å²) < 4.78 is 5.52. The lowest BCUT2D eigenvalue weighted by Crippen LogP contribution is -2.38. The van der Waals surface area contributed by atoms with E-state index in [2.05, 4.69) is 27.1 Å². The number of aromatic nitrogens is 2. The van der Waals surface area contributed by atoms with E-state index >= 15 is 0 Å². The fourth-order valence-corrected chi connectivity index (χ4v) is 3.41. The molecule has 0 spiro atoms. The minimum absolute atomic E-state index is 0.677. The Morgan fingerprint density at radius 3 is 3.00 bits per heavy atom. The third-order valence-electron chi connectivity index (χ3n) is 3.23. The molecule has 6 heteroatoms. The molecule has 0 saturated carbocycles. The van der Waals surface area contributed by atoms with Crippen LogP contribution in [-0.4, -0.2) is 47.7 Å². The zero-order valence-electron chi connectivity index (χ0n) is 11.8. The third kappa shape index (κ3) is 3.23. The number of nitrogens with one attached hydrogen (secondary N) is 1. The SMILES string of the molecule is CCNc1ncnc(N2CCSC(CC)C2)c1OC. The van der Waals surface area contributed by atoms with Crippen LogP contribution >= 0.6 is 11.8 Å². The molecule has 5 nitrogen and oxygen atoms in total. The van der Waals surface area contributed by atoms with E-state index in [0.29, 0.717) is 5.25 Å². The molecule has 1 unspecified atom stereocenters. The Kier molecular flexibility index (Phi) is 5.13. The van der Waals surface area contributed by atoms with E-state index in [-0.39, 0.29) is 0 Å². The van der Waals surface area contributed by atoms with Crippen LogP contribution in [0, 0.1) is 0 Å². The summed E-state index contributed by atoms with van der Waals surface area (Å²) >= 11 is 2.05. The lowest BCUT2D eigenvalue weighted by atomic mass is 10.3. The molecule has 2 heterocycles. The van der Waals surface area contributed by atoms with E-state index in [1.165, 1.54) is 6.42 Å². The van der Waals surface area contributed by atoms with Crippen molar-refractivity contribution < 1.29 is 4.74 Å².